The fourth-order valence-corrected chi connectivity index (χ4v) is 2.36. The Labute approximate surface area is 108 Å². The lowest BCUT2D eigenvalue weighted by Gasteiger charge is -2.08. The van der Waals surface area contributed by atoms with Gasteiger partial charge in [0.1, 0.15) is 17.0 Å². The summed E-state index contributed by atoms with van der Waals surface area (Å²) < 4.78 is 6.78. The molecule has 0 radical (unpaired) electrons. The third kappa shape index (κ3) is 1.89. The molecule has 0 aliphatic rings. The third-order valence-corrected chi connectivity index (χ3v) is 3.41. The topological polar surface area (TPSA) is 61.0 Å². The second kappa shape index (κ2) is 4.27. The van der Waals surface area contributed by atoms with Crippen LogP contribution in [0.3, 0.4) is 0 Å². The lowest BCUT2D eigenvalue weighted by molar-refractivity contribution is 0.483. The van der Waals surface area contributed by atoms with Crippen LogP contribution in [-0.2, 0) is 0 Å². The Balaban J connectivity index is 1.99. The number of pyridine rings is 1. The molecule has 0 saturated carbocycles. The zero-order chi connectivity index (χ0) is 12.5. The summed E-state index contributed by atoms with van der Waals surface area (Å²) in [6.07, 6.45) is 1.68. The van der Waals surface area contributed by atoms with Crippen LogP contribution in [0.2, 0.25) is 0 Å². The summed E-state index contributed by atoms with van der Waals surface area (Å²) in [5.74, 6) is 1.28. The van der Waals surface area contributed by atoms with Gasteiger partial charge >= 0.3 is 0 Å². The Hall–Kier alpha value is -2.14. The minimum Gasteiger partial charge on any atom is -0.453 e. The van der Waals surface area contributed by atoms with Gasteiger partial charge in [-0.25, -0.2) is 4.98 Å². The van der Waals surface area contributed by atoms with Gasteiger partial charge in [0.25, 0.3) is 0 Å². The number of nitrogens with zero attached hydrogens (tertiary/aromatic N) is 2. The molecule has 0 saturated heterocycles. The van der Waals surface area contributed by atoms with Crippen molar-refractivity contribution < 1.29 is 4.74 Å². The molecule has 1 aromatic carbocycles. The fourth-order valence-electron chi connectivity index (χ4n) is 1.66. The molecular weight excluding hydrogens is 246 g/mol. The van der Waals surface area contributed by atoms with Crippen LogP contribution >= 0.6 is 11.3 Å². The van der Waals surface area contributed by atoms with E-state index in [1.165, 1.54) is 0 Å². The van der Waals surface area contributed by atoms with E-state index in [0.29, 0.717) is 17.2 Å². The Bertz CT molecular complexity index is 691. The third-order valence-electron chi connectivity index (χ3n) is 2.61. The number of benzene rings is 1. The van der Waals surface area contributed by atoms with Crippen LogP contribution in [0.25, 0.3) is 10.2 Å². The monoisotopic (exact) mass is 257 g/mol. The van der Waals surface area contributed by atoms with E-state index in [1.54, 1.807) is 23.0 Å². The first kappa shape index (κ1) is 11.0. The van der Waals surface area contributed by atoms with Crippen LogP contribution in [0, 0.1) is 6.92 Å². The summed E-state index contributed by atoms with van der Waals surface area (Å²) in [4.78, 5) is 8.41. The zero-order valence-electron chi connectivity index (χ0n) is 9.75. The van der Waals surface area contributed by atoms with Crippen molar-refractivity contribution in [1.82, 2.24) is 9.97 Å². The SMILES string of the molecule is Cc1ccc(Oc2ccc3scnc3c2N)cn1. The summed E-state index contributed by atoms with van der Waals surface area (Å²) in [7, 11) is 0. The van der Waals surface area contributed by atoms with Gasteiger partial charge in [0.15, 0.2) is 5.75 Å². The van der Waals surface area contributed by atoms with Crippen LogP contribution in [0.5, 0.6) is 11.5 Å². The quantitative estimate of drug-likeness (QED) is 0.715. The van der Waals surface area contributed by atoms with Gasteiger partial charge < -0.3 is 10.5 Å². The number of anilines is 1. The maximum absolute atomic E-state index is 6.04. The van der Waals surface area contributed by atoms with Gasteiger partial charge in [-0.2, -0.15) is 0 Å². The zero-order valence-corrected chi connectivity index (χ0v) is 10.6. The summed E-state index contributed by atoms with van der Waals surface area (Å²) in [6.45, 7) is 1.93. The van der Waals surface area contributed by atoms with E-state index in [4.69, 9.17) is 10.5 Å². The second-order valence-electron chi connectivity index (χ2n) is 3.91. The van der Waals surface area contributed by atoms with Gasteiger partial charge in [0.2, 0.25) is 0 Å². The van der Waals surface area contributed by atoms with E-state index in [-0.39, 0.29) is 0 Å². The molecule has 0 bridgehead atoms. The minimum absolute atomic E-state index is 0.564. The van der Waals surface area contributed by atoms with E-state index in [9.17, 15) is 0 Å². The standard InChI is InChI=1S/C13H11N3OS/c1-8-2-3-9(6-15-8)17-10-4-5-11-13(12(10)14)16-7-18-11/h2-7H,14H2,1H3. The maximum Gasteiger partial charge on any atom is 0.152 e. The molecule has 0 spiro atoms. The van der Waals surface area contributed by atoms with E-state index in [2.05, 4.69) is 9.97 Å². The second-order valence-corrected chi connectivity index (χ2v) is 4.80. The Morgan fingerprint density at radius 2 is 2.06 bits per heavy atom. The predicted molar refractivity (Wildman–Crippen MR) is 73.1 cm³/mol. The molecule has 0 aliphatic heterocycles. The highest BCUT2D eigenvalue weighted by Crippen LogP contribution is 2.34. The number of thiazole rings is 1. The number of aryl methyl sites for hydroxylation is 1. The Kier molecular flexibility index (Phi) is 2.60. The summed E-state index contributed by atoms with van der Waals surface area (Å²) >= 11 is 1.56. The molecular formula is C13H11N3OS. The largest absolute Gasteiger partial charge is 0.453 e. The van der Waals surface area contributed by atoms with Crippen molar-refractivity contribution >= 4 is 27.2 Å². The van der Waals surface area contributed by atoms with Crippen molar-refractivity contribution in [1.29, 1.82) is 0 Å². The van der Waals surface area contributed by atoms with Crippen LogP contribution in [0.1, 0.15) is 5.69 Å². The van der Waals surface area contributed by atoms with Crippen molar-refractivity contribution in [2.75, 3.05) is 5.73 Å². The van der Waals surface area contributed by atoms with Crippen molar-refractivity contribution in [2.24, 2.45) is 0 Å². The van der Waals surface area contributed by atoms with Crippen molar-refractivity contribution in [2.45, 2.75) is 6.92 Å². The molecule has 0 aliphatic carbocycles. The highest BCUT2D eigenvalue weighted by Gasteiger charge is 2.08. The first-order valence-corrected chi connectivity index (χ1v) is 6.34. The highest BCUT2D eigenvalue weighted by atomic mass is 32.1. The van der Waals surface area contributed by atoms with E-state index >= 15 is 0 Å². The first-order chi connectivity index (χ1) is 8.74. The Morgan fingerprint density at radius 1 is 1.17 bits per heavy atom. The molecule has 0 fully saturated rings. The number of rotatable bonds is 2. The van der Waals surface area contributed by atoms with Gasteiger partial charge in [-0.05, 0) is 31.2 Å². The molecule has 5 heteroatoms. The highest BCUT2D eigenvalue weighted by molar-refractivity contribution is 7.16. The normalized spacial score (nSPS) is 10.7. The molecule has 2 aromatic heterocycles. The van der Waals surface area contributed by atoms with Crippen LogP contribution in [-0.4, -0.2) is 9.97 Å². The Morgan fingerprint density at radius 3 is 2.83 bits per heavy atom. The minimum atomic E-state index is 0.564. The maximum atomic E-state index is 6.04. The molecule has 90 valence electrons. The summed E-state index contributed by atoms with van der Waals surface area (Å²) in [5, 5.41) is 0. The molecule has 3 aromatic rings. The smallest absolute Gasteiger partial charge is 0.152 e. The average Bonchev–Trinajstić information content (AvgIpc) is 2.84. The van der Waals surface area contributed by atoms with E-state index < -0.39 is 0 Å². The van der Waals surface area contributed by atoms with Gasteiger partial charge in [-0.1, -0.05) is 0 Å². The van der Waals surface area contributed by atoms with Gasteiger partial charge in [-0.3, -0.25) is 4.98 Å². The number of hydrogen-bond donors (Lipinski definition) is 1. The summed E-state index contributed by atoms with van der Waals surface area (Å²) in [6, 6.07) is 7.58. The molecule has 0 amide bonds. The number of nitrogens with two attached hydrogens (primary N) is 1. The van der Waals surface area contributed by atoms with Crippen LogP contribution in [0.4, 0.5) is 5.69 Å². The molecule has 2 heterocycles. The lowest BCUT2D eigenvalue weighted by Crippen LogP contribution is -1.93. The number of nitrogen functional groups attached to an aromatic ring is 1. The number of hydrogen-bond acceptors (Lipinski definition) is 5. The number of ether oxygens (including phenoxy) is 1. The number of aromatic nitrogens is 2. The summed E-state index contributed by atoms with van der Waals surface area (Å²) in [5.41, 5.74) is 10.1. The van der Waals surface area contributed by atoms with Crippen molar-refractivity contribution in [3.05, 3.63) is 41.7 Å². The fraction of sp³-hybridized carbons (Fsp3) is 0.0769. The average molecular weight is 257 g/mol. The first-order valence-electron chi connectivity index (χ1n) is 5.46. The van der Waals surface area contributed by atoms with Crippen molar-refractivity contribution in [3.63, 3.8) is 0 Å². The van der Waals surface area contributed by atoms with Crippen LogP contribution in [0.15, 0.2) is 36.0 Å². The molecule has 2 N–H and O–H groups in total. The number of fused-ring (bicyclic) bond motifs is 1. The molecule has 0 unspecified atom stereocenters. The molecule has 4 nitrogen and oxygen atoms in total. The van der Waals surface area contributed by atoms with Gasteiger partial charge in [-0.15, -0.1) is 11.3 Å². The molecule has 3 rings (SSSR count). The van der Waals surface area contributed by atoms with E-state index in [0.717, 1.165) is 15.9 Å². The molecule has 0 atom stereocenters. The van der Waals surface area contributed by atoms with E-state index in [1.807, 2.05) is 31.2 Å². The lowest BCUT2D eigenvalue weighted by atomic mass is 10.2. The van der Waals surface area contributed by atoms with Gasteiger partial charge in [0.05, 0.1) is 16.4 Å². The van der Waals surface area contributed by atoms with Gasteiger partial charge in [0, 0.05) is 5.69 Å². The molecule has 18 heavy (non-hydrogen) atoms. The predicted octanol–water partition coefficient (Wildman–Crippen LogP) is 3.37. The van der Waals surface area contributed by atoms with Crippen molar-refractivity contribution in [3.8, 4) is 11.5 Å². The van der Waals surface area contributed by atoms with Crippen LogP contribution < -0.4 is 10.5 Å².